The molecule has 0 fully saturated rings. The van der Waals surface area contributed by atoms with Crippen molar-refractivity contribution >= 4 is 17.8 Å². The van der Waals surface area contributed by atoms with E-state index in [4.69, 9.17) is 4.74 Å². The van der Waals surface area contributed by atoms with Gasteiger partial charge in [-0.1, -0.05) is 30.3 Å². The Labute approximate surface area is 143 Å². The van der Waals surface area contributed by atoms with Crippen LogP contribution in [0.25, 0.3) is 0 Å². The summed E-state index contributed by atoms with van der Waals surface area (Å²) in [4.78, 5) is 35.3. The van der Waals surface area contributed by atoms with Crippen LogP contribution in [0.4, 0.5) is 0 Å². The summed E-state index contributed by atoms with van der Waals surface area (Å²) in [6.07, 6.45) is -0.578. The lowest BCUT2D eigenvalue weighted by atomic mass is 10.1. The van der Waals surface area contributed by atoms with E-state index >= 15 is 0 Å². The Balaban J connectivity index is 2.26. The zero-order valence-corrected chi connectivity index (χ0v) is 14.7. The minimum Gasteiger partial charge on any atom is -0.452 e. The number of rotatable bonds is 7. The summed E-state index contributed by atoms with van der Waals surface area (Å²) in [6.45, 7) is 7.25. The lowest BCUT2D eigenvalue weighted by Crippen LogP contribution is -2.46. The molecule has 132 valence electrons. The lowest BCUT2D eigenvalue weighted by Gasteiger charge is -2.23. The molecule has 0 spiro atoms. The first-order chi connectivity index (χ1) is 11.2. The van der Waals surface area contributed by atoms with Gasteiger partial charge in [0, 0.05) is 12.1 Å². The highest BCUT2D eigenvalue weighted by Gasteiger charge is 2.22. The second-order valence-corrected chi connectivity index (χ2v) is 6.63. The normalized spacial score (nSPS) is 12.2. The van der Waals surface area contributed by atoms with Gasteiger partial charge in [-0.3, -0.25) is 14.4 Å². The number of carbonyl (C=O) groups excluding carboxylic acids is 3. The van der Waals surface area contributed by atoms with Crippen molar-refractivity contribution in [1.29, 1.82) is 0 Å². The highest BCUT2D eigenvalue weighted by molar-refractivity contribution is 5.84. The molecular weight excluding hydrogens is 308 g/mol. The Bertz CT molecular complexity index is 564. The molecule has 0 saturated carbocycles. The molecule has 2 amide bonds. The Morgan fingerprint density at radius 3 is 2.33 bits per heavy atom. The molecule has 0 bridgehead atoms. The summed E-state index contributed by atoms with van der Waals surface area (Å²) in [5.74, 6) is -1.02. The SMILES string of the molecule is CC(OC(=O)CCNC(=O)Cc1ccccc1)C(=O)NC(C)(C)C. The number of hydrogen-bond donors (Lipinski definition) is 2. The van der Waals surface area contributed by atoms with Gasteiger partial charge in [-0.15, -0.1) is 0 Å². The largest absolute Gasteiger partial charge is 0.452 e. The number of amides is 2. The van der Waals surface area contributed by atoms with Gasteiger partial charge >= 0.3 is 5.97 Å². The minimum atomic E-state index is -0.864. The molecule has 0 heterocycles. The quantitative estimate of drug-likeness (QED) is 0.742. The van der Waals surface area contributed by atoms with E-state index in [1.54, 1.807) is 0 Å². The van der Waals surface area contributed by atoms with Crippen LogP contribution in [0, 0.1) is 0 Å². The summed E-state index contributed by atoms with van der Waals surface area (Å²) in [7, 11) is 0. The van der Waals surface area contributed by atoms with Crippen LogP contribution < -0.4 is 10.6 Å². The van der Waals surface area contributed by atoms with Gasteiger partial charge in [0.2, 0.25) is 5.91 Å². The summed E-state index contributed by atoms with van der Waals surface area (Å²) in [5, 5.41) is 5.40. The highest BCUT2D eigenvalue weighted by atomic mass is 16.5. The van der Waals surface area contributed by atoms with Crippen LogP contribution in [-0.4, -0.2) is 36.0 Å². The molecule has 1 atom stereocenters. The first kappa shape index (κ1) is 19.7. The van der Waals surface area contributed by atoms with Gasteiger partial charge in [-0.2, -0.15) is 0 Å². The number of benzene rings is 1. The first-order valence-corrected chi connectivity index (χ1v) is 7.99. The van der Waals surface area contributed by atoms with Gasteiger partial charge in [-0.05, 0) is 33.3 Å². The summed E-state index contributed by atoms with van der Waals surface area (Å²) < 4.78 is 5.06. The first-order valence-electron chi connectivity index (χ1n) is 7.99. The van der Waals surface area contributed by atoms with Crippen molar-refractivity contribution in [3.8, 4) is 0 Å². The van der Waals surface area contributed by atoms with Crippen LogP contribution >= 0.6 is 0 Å². The van der Waals surface area contributed by atoms with E-state index in [-0.39, 0.29) is 36.7 Å². The lowest BCUT2D eigenvalue weighted by molar-refractivity contribution is -0.155. The van der Waals surface area contributed by atoms with Crippen molar-refractivity contribution in [1.82, 2.24) is 10.6 Å². The molecule has 0 saturated heterocycles. The van der Waals surface area contributed by atoms with Gasteiger partial charge < -0.3 is 15.4 Å². The zero-order valence-electron chi connectivity index (χ0n) is 14.7. The van der Waals surface area contributed by atoms with Gasteiger partial charge in [0.05, 0.1) is 12.8 Å². The van der Waals surface area contributed by atoms with Crippen LogP contribution in [0.2, 0.25) is 0 Å². The van der Waals surface area contributed by atoms with Crippen LogP contribution in [0.1, 0.15) is 39.7 Å². The van der Waals surface area contributed by atoms with Gasteiger partial charge in [-0.25, -0.2) is 0 Å². The van der Waals surface area contributed by atoms with Crippen LogP contribution in [-0.2, 0) is 25.5 Å². The molecule has 1 aromatic rings. The van der Waals surface area contributed by atoms with Crippen LogP contribution in [0.15, 0.2) is 30.3 Å². The second kappa shape index (κ2) is 9.05. The van der Waals surface area contributed by atoms with Gasteiger partial charge in [0.1, 0.15) is 0 Å². The van der Waals surface area contributed by atoms with Crippen molar-refractivity contribution in [2.75, 3.05) is 6.54 Å². The van der Waals surface area contributed by atoms with E-state index in [2.05, 4.69) is 10.6 Å². The van der Waals surface area contributed by atoms with E-state index in [0.717, 1.165) is 5.56 Å². The Kier molecular flexibility index (Phi) is 7.42. The maximum Gasteiger partial charge on any atom is 0.308 e. The molecule has 0 aromatic heterocycles. The molecule has 24 heavy (non-hydrogen) atoms. The molecule has 1 rings (SSSR count). The summed E-state index contributed by atoms with van der Waals surface area (Å²) >= 11 is 0. The van der Waals surface area contributed by atoms with Gasteiger partial charge in [0.25, 0.3) is 5.91 Å². The van der Waals surface area contributed by atoms with Gasteiger partial charge in [0.15, 0.2) is 6.10 Å². The van der Waals surface area contributed by atoms with E-state index < -0.39 is 12.1 Å². The average molecular weight is 334 g/mol. The predicted molar refractivity (Wildman–Crippen MR) is 91.2 cm³/mol. The molecule has 0 radical (unpaired) electrons. The molecule has 6 nitrogen and oxygen atoms in total. The third kappa shape index (κ3) is 8.31. The fourth-order valence-corrected chi connectivity index (χ4v) is 1.93. The zero-order chi connectivity index (χ0) is 18.2. The monoisotopic (exact) mass is 334 g/mol. The number of nitrogens with one attached hydrogen (secondary N) is 2. The molecule has 0 aliphatic rings. The number of ether oxygens (including phenoxy) is 1. The van der Waals surface area contributed by atoms with E-state index in [1.165, 1.54) is 6.92 Å². The second-order valence-electron chi connectivity index (χ2n) is 6.63. The van der Waals surface area contributed by atoms with E-state index in [0.29, 0.717) is 0 Å². The topological polar surface area (TPSA) is 84.5 Å². The number of hydrogen-bond acceptors (Lipinski definition) is 4. The maximum absolute atomic E-state index is 11.8. The van der Waals surface area contributed by atoms with Crippen molar-refractivity contribution in [2.24, 2.45) is 0 Å². The maximum atomic E-state index is 11.8. The standard InChI is InChI=1S/C18H26N2O4/c1-13(17(23)20-18(2,3)4)24-16(22)10-11-19-15(21)12-14-8-6-5-7-9-14/h5-9,13H,10-12H2,1-4H3,(H,19,21)(H,20,23). The van der Waals surface area contributed by atoms with Crippen LogP contribution in [0.5, 0.6) is 0 Å². The Hall–Kier alpha value is -2.37. The molecule has 1 unspecified atom stereocenters. The average Bonchev–Trinajstić information content (AvgIpc) is 2.46. The smallest absolute Gasteiger partial charge is 0.308 e. The van der Waals surface area contributed by atoms with Crippen molar-refractivity contribution in [2.45, 2.75) is 52.2 Å². The third-order valence-electron chi connectivity index (χ3n) is 3.03. The molecular formula is C18H26N2O4. The van der Waals surface area contributed by atoms with E-state index in [1.807, 2.05) is 51.1 Å². The van der Waals surface area contributed by atoms with E-state index in [9.17, 15) is 14.4 Å². The van der Waals surface area contributed by atoms with Crippen molar-refractivity contribution in [3.63, 3.8) is 0 Å². The molecule has 1 aromatic carbocycles. The number of esters is 1. The molecule has 0 aliphatic heterocycles. The fraction of sp³-hybridized carbons (Fsp3) is 0.500. The fourth-order valence-electron chi connectivity index (χ4n) is 1.93. The minimum absolute atomic E-state index is 0.0215. The molecule has 6 heteroatoms. The highest BCUT2D eigenvalue weighted by Crippen LogP contribution is 2.02. The van der Waals surface area contributed by atoms with Crippen molar-refractivity contribution < 1.29 is 19.1 Å². The third-order valence-corrected chi connectivity index (χ3v) is 3.03. The van der Waals surface area contributed by atoms with Crippen molar-refractivity contribution in [3.05, 3.63) is 35.9 Å². The number of carbonyl (C=O) groups is 3. The molecule has 0 aliphatic carbocycles. The Morgan fingerprint density at radius 1 is 1.12 bits per heavy atom. The summed E-state index contributed by atoms with van der Waals surface area (Å²) in [5.41, 5.74) is 0.522. The van der Waals surface area contributed by atoms with Crippen LogP contribution in [0.3, 0.4) is 0 Å². The predicted octanol–water partition coefficient (Wildman–Crippen LogP) is 1.58. The summed E-state index contributed by atoms with van der Waals surface area (Å²) in [6, 6.07) is 9.34. The Morgan fingerprint density at radius 2 is 1.75 bits per heavy atom. The molecule has 2 N–H and O–H groups in total.